The van der Waals surface area contributed by atoms with E-state index in [9.17, 15) is 4.79 Å². The Kier molecular flexibility index (Phi) is 9.49. The molecule has 1 amide bonds. The maximum Gasteiger partial charge on any atom is 0.243 e. The van der Waals surface area contributed by atoms with Crippen LogP contribution in [0.4, 0.5) is 5.69 Å². The summed E-state index contributed by atoms with van der Waals surface area (Å²) in [6.45, 7) is 7.61. The summed E-state index contributed by atoms with van der Waals surface area (Å²) in [7, 11) is 0. The number of rotatable bonds is 5. The molecule has 2 unspecified atom stereocenters. The van der Waals surface area contributed by atoms with Gasteiger partial charge in [-0.3, -0.25) is 4.79 Å². The normalized spacial score (nSPS) is 12.2. The van der Waals surface area contributed by atoms with Crippen LogP contribution in [0.25, 0.3) is 0 Å². The highest BCUT2D eigenvalue weighted by atomic mass is 35.5. The second-order valence-corrected chi connectivity index (χ2v) is 5.79. The first-order chi connectivity index (χ1) is 10.9. The van der Waals surface area contributed by atoms with Crippen molar-refractivity contribution in [1.29, 1.82) is 0 Å². The maximum atomic E-state index is 12.2. The molecule has 138 valence electrons. The van der Waals surface area contributed by atoms with Crippen molar-refractivity contribution in [2.24, 2.45) is 11.7 Å². The zero-order chi connectivity index (χ0) is 17.0. The first-order valence-electron chi connectivity index (χ1n) is 7.65. The number of anilines is 1. The van der Waals surface area contributed by atoms with Gasteiger partial charge in [-0.2, -0.15) is 0 Å². The molecule has 1 aromatic heterocycles. The zero-order valence-corrected chi connectivity index (χ0v) is 16.4. The van der Waals surface area contributed by atoms with E-state index < -0.39 is 0 Å². The molecule has 2 rings (SSSR count). The Morgan fingerprint density at radius 2 is 1.84 bits per heavy atom. The summed E-state index contributed by atoms with van der Waals surface area (Å²) in [4.78, 5) is 16.4. The third-order valence-electron chi connectivity index (χ3n) is 3.99. The highest BCUT2D eigenvalue weighted by Gasteiger charge is 2.19. The molecule has 1 heterocycles. The highest BCUT2D eigenvalue weighted by Crippen LogP contribution is 2.30. The van der Waals surface area contributed by atoms with Crippen LogP contribution in [0.5, 0.6) is 11.6 Å². The van der Waals surface area contributed by atoms with E-state index in [1.807, 2.05) is 32.0 Å². The first kappa shape index (κ1) is 23.2. The molecule has 0 fully saturated rings. The lowest BCUT2D eigenvalue weighted by Gasteiger charge is -2.17. The molecule has 0 aliphatic rings. The van der Waals surface area contributed by atoms with Crippen molar-refractivity contribution in [2.45, 2.75) is 33.7 Å². The van der Waals surface area contributed by atoms with Crippen LogP contribution < -0.4 is 15.8 Å². The first-order valence-corrected chi connectivity index (χ1v) is 7.65. The van der Waals surface area contributed by atoms with E-state index in [1.54, 1.807) is 32.2 Å². The van der Waals surface area contributed by atoms with E-state index in [4.69, 9.17) is 10.5 Å². The summed E-state index contributed by atoms with van der Waals surface area (Å²) in [5.74, 6) is 0.633. The summed E-state index contributed by atoms with van der Waals surface area (Å²) < 4.78 is 5.91. The Balaban J connectivity index is 0.00000288. The number of amides is 1. The van der Waals surface area contributed by atoms with Crippen molar-refractivity contribution in [2.75, 3.05) is 5.32 Å². The number of nitrogens with one attached hydrogen (secondary N) is 1. The van der Waals surface area contributed by atoms with Gasteiger partial charge in [0.1, 0.15) is 11.4 Å². The van der Waals surface area contributed by atoms with Crippen molar-refractivity contribution < 1.29 is 9.53 Å². The monoisotopic (exact) mass is 385 g/mol. The lowest BCUT2D eigenvalue weighted by Crippen LogP contribution is -2.34. The minimum atomic E-state index is -0.302. The number of ether oxygens (including phenoxy) is 1. The van der Waals surface area contributed by atoms with Crippen LogP contribution in [0.15, 0.2) is 36.5 Å². The van der Waals surface area contributed by atoms with Gasteiger partial charge in [-0.15, -0.1) is 24.8 Å². The lowest BCUT2D eigenvalue weighted by atomic mass is 10.0. The summed E-state index contributed by atoms with van der Waals surface area (Å²) in [6.07, 6.45) is 1.63. The van der Waals surface area contributed by atoms with Crippen LogP contribution in [0.2, 0.25) is 0 Å². The van der Waals surface area contributed by atoms with Gasteiger partial charge in [0.05, 0.1) is 5.92 Å². The fourth-order valence-corrected chi connectivity index (χ4v) is 1.99. The van der Waals surface area contributed by atoms with Gasteiger partial charge >= 0.3 is 0 Å². The van der Waals surface area contributed by atoms with Gasteiger partial charge in [0.15, 0.2) is 0 Å². The number of pyridine rings is 1. The number of nitrogens with two attached hydrogens (primary N) is 1. The van der Waals surface area contributed by atoms with Gasteiger partial charge in [0.2, 0.25) is 11.8 Å². The Hall–Kier alpha value is -1.82. The molecule has 0 aliphatic heterocycles. The van der Waals surface area contributed by atoms with Crippen LogP contribution in [0, 0.1) is 19.8 Å². The van der Waals surface area contributed by atoms with E-state index in [-0.39, 0.29) is 42.7 Å². The van der Waals surface area contributed by atoms with E-state index in [0.717, 1.165) is 16.9 Å². The molecule has 25 heavy (non-hydrogen) atoms. The summed E-state index contributed by atoms with van der Waals surface area (Å²) in [5.41, 5.74) is 8.49. The minimum Gasteiger partial charge on any atom is -0.437 e. The minimum absolute atomic E-state index is 0. The maximum absolute atomic E-state index is 12.2. The molecule has 7 heteroatoms. The molecule has 0 radical (unpaired) electrons. The summed E-state index contributed by atoms with van der Waals surface area (Å²) in [6, 6.07) is 9.12. The standard InChI is InChI=1S/C18H23N3O2.2ClH/c1-11-7-5-9-16(12(11)2)23-18-15(8-6-10-20-18)21-17(22)13(3)14(4)19;;/h5-10,13-14H,19H2,1-4H3,(H,21,22);2*1H. The van der Waals surface area contributed by atoms with Gasteiger partial charge in [-0.25, -0.2) is 4.98 Å². The number of hydrogen-bond acceptors (Lipinski definition) is 4. The van der Waals surface area contributed by atoms with Gasteiger partial charge in [-0.05, 0) is 50.1 Å². The number of benzene rings is 1. The SMILES string of the molecule is Cc1cccc(Oc2ncccc2NC(=O)C(C)C(C)N)c1C.Cl.Cl. The smallest absolute Gasteiger partial charge is 0.243 e. The molecule has 2 atom stereocenters. The summed E-state index contributed by atoms with van der Waals surface area (Å²) >= 11 is 0. The van der Waals surface area contributed by atoms with Crippen LogP contribution in [0.3, 0.4) is 0 Å². The van der Waals surface area contributed by atoms with E-state index in [0.29, 0.717) is 11.6 Å². The zero-order valence-electron chi connectivity index (χ0n) is 14.8. The van der Waals surface area contributed by atoms with E-state index in [1.165, 1.54) is 0 Å². The fraction of sp³-hybridized carbons (Fsp3) is 0.333. The number of aromatic nitrogens is 1. The molecule has 1 aromatic carbocycles. The third kappa shape index (κ3) is 5.88. The number of nitrogens with zero attached hydrogens (tertiary/aromatic N) is 1. The molecule has 5 nitrogen and oxygen atoms in total. The fourth-order valence-electron chi connectivity index (χ4n) is 1.99. The van der Waals surface area contributed by atoms with Gasteiger partial charge in [0, 0.05) is 12.2 Å². The van der Waals surface area contributed by atoms with Crippen LogP contribution >= 0.6 is 24.8 Å². The van der Waals surface area contributed by atoms with Crippen LogP contribution in [0.1, 0.15) is 25.0 Å². The predicted molar refractivity (Wildman–Crippen MR) is 106 cm³/mol. The Bertz CT molecular complexity index is 708. The van der Waals surface area contributed by atoms with Crippen molar-refractivity contribution in [3.05, 3.63) is 47.7 Å². The largest absolute Gasteiger partial charge is 0.437 e. The Labute approximate surface area is 161 Å². The highest BCUT2D eigenvalue weighted by molar-refractivity contribution is 5.93. The van der Waals surface area contributed by atoms with Crippen molar-refractivity contribution >= 4 is 36.4 Å². The number of aryl methyl sites for hydroxylation is 1. The number of carbonyl (C=O) groups is 1. The molecular formula is C18H25Cl2N3O2. The van der Waals surface area contributed by atoms with Gasteiger partial charge < -0.3 is 15.8 Å². The molecule has 0 saturated carbocycles. The molecule has 0 aliphatic carbocycles. The van der Waals surface area contributed by atoms with Gasteiger partial charge in [-0.1, -0.05) is 19.1 Å². The third-order valence-corrected chi connectivity index (χ3v) is 3.99. The Morgan fingerprint density at radius 3 is 2.48 bits per heavy atom. The average molecular weight is 386 g/mol. The average Bonchev–Trinajstić information content (AvgIpc) is 2.52. The molecule has 0 bridgehead atoms. The molecule has 0 saturated heterocycles. The van der Waals surface area contributed by atoms with E-state index >= 15 is 0 Å². The lowest BCUT2D eigenvalue weighted by molar-refractivity contribution is -0.119. The molecule has 0 spiro atoms. The van der Waals surface area contributed by atoms with Crippen molar-refractivity contribution in [3.8, 4) is 11.6 Å². The quantitative estimate of drug-likeness (QED) is 0.805. The van der Waals surface area contributed by atoms with E-state index in [2.05, 4.69) is 10.3 Å². The van der Waals surface area contributed by atoms with Crippen molar-refractivity contribution in [3.63, 3.8) is 0 Å². The number of halogens is 2. The number of carbonyl (C=O) groups excluding carboxylic acids is 1. The molecular weight excluding hydrogens is 361 g/mol. The summed E-state index contributed by atoms with van der Waals surface area (Å²) in [5, 5.41) is 2.84. The molecule has 3 N–H and O–H groups in total. The topological polar surface area (TPSA) is 77.2 Å². The van der Waals surface area contributed by atoms with Crippen molar-refractivity contribution in [1.82, 2.24) is 4.98 Å². The number of hydrogen-bond donors (Lipinski definition) is 2. The van der Waals surface area contributed by atoms with Crippen LogP contribution in [-0.4, -0.2) is 16.9 Å². The van der Waals surface area contributed by atoms with Gasteiger partial charge in [0.25, 0.3) is 0 Å². The Morgan fingerprint density at radius 1 is 1.16 bits per heavy atom. The second kappa shape index (κ2) is 10.2. The second-order valence-electron chi connectivity index (χ2n) is 5.79. The predicted octanol–water partition coefficient (Wildman–Crippen LogP) is 4.26. The van der Waals surface area contributed by atoms with Crippen LogP contribution in [-0.2, 0) is 4.79 Å². The molecule has 2 aromatic rings.